The summed E-state index contributed by atoms with van der Waals surface area (Å²) in [4.78, 5) is 33.0. The average Bonchev–Trinajstić information content (AvgIpc) is 2.45. The molecule has 0 aliphatic heterocycles. The van der Waals surface area contributed by atoms with Crippen molar-refractivity contribution in [3.8, 4) is 0 Å². The van der Waals surface area contributed by atoms with Gasteiger partial charge < -0.3 is 10.4 Å². The highest BCUT2D eigenvalue weighted by Gasteiger charge is 2.20. The molecule has 1 atom stereocenters. The second kappa shape index (κ2) is 8.33. The molecule has 1 aromatic carbocycles. The number of carboxylic acid groups (broad SMARTS) is 1. The molecule has 0 bridgehead atoms. The van der Waals surface area contributed by atoms with Crippen molar-refractivity contribution in [3.05, 3.63) is 38.9 Å². The maximum Gasteiger partial charge on any atom is 0.326 e. The van der Waals surface area contributed by atoms with Crippen LogP contribution in [0.2, 0.25) is 5.02 Å². The predicted molar refractivity (Wildman–Crippen MR) is 80.9 cm³/mol. The summed E-state index contributed by atoms with van der Waals surface area (Å²) in [6.45, 7) is 1.93. The number of nitrogens with zero attached hydrogens (tertiary/aromatic N) is 1. The SMILES string of the molecule is CCCCC(NC(=O)Cc1ccc([N+](=O)[O-])cc1Cl)C(=O)O. The second-order valence-corrected chi connectivity index (χ2v) is 5.22. The Kier molecular flexibility index (Phi) is 6.78. The molecule has 0 fully saturated rings. The van der Waals surface area contributed by atoms with Gasteiger partial charge in [0.25, 0.3) is 5.69 Å². The van der Waals surface area contributed by atoms with Crippen LogP contribution in [0.15, 0.2) is 18.2 Å². The summed E-state index contributed by atoms with van der Waals surface area (Å²) in [7, 11) is 0. The van der Waals surface area contributed by atoms with Gasteiger partial charge >= 0.3 is 5.97 Å². The average molecular weight is 329 g/mol. The molecule has 0 aliphatic rings. The number of nitrogens with one attached hydrogen (secondary N) is 1. The smallest absolute Gasteiger partial charge is 0.326 e. The molecule has 1 amide bonds. The number of hydrogen-bond donors (Lipinski definition) is 2. The van der Waals surface area contributed by atoms with Gasteiger partial charge in [0.05, 0.1) is 16.4 Å². The number of carbonyl (C=O) groups excluding carboxylic acids is 1. The van der Waals surface area contributed by atoms with Crippen molar-refractivity contribution in [1.29, 1.82) is 0 Å². The summed E-state index contributed by atoms with van der Waals surface area (Å²) in [5.41, 5.74) is 0.241. The van der Waals surface area contributed by atoms with E-state index in [9.17, 15) is 19.7 Å². The van der Waals surface area contributed by atoms with Crippen molar-refractivity contribution < 1.29 is 19.6 Å². The van der Waals surface area contributed by atoms with Crippen LogP contribution in [0, 0.1) is 10.1 Å². The van der Waals surface area contributed by atoms with Crippen molar-refractivity contribution in [2.45, 2.75) is 38.6 Å². The van der Waals surface area contributed by atoms with E-state index < -0.39 is 22.8 Å². The Morgan fingerprint density at radius 1 is 1.45 bits per heavy atom. The summed E-state index contributed by atoms with van der Waals surface area (Å²) in [5, 5.41) is 22.2. The van der Waals surface area contributed by atoms with E-state index in [1.807, 2.05) is 6.92 Å². The van der Waals surface area contributed by atoms with E-state index >= 15 is 0 Å². The number of benzene rings is 1. The Morgan fingerprint density at radius 3 is 2.64 bits per heavy atom. The first-order chi connectivity index (χ1) is 10.3. The number of rotatable bonds is 8. The first-order valence-electron chi connectivity index (χ1n) is 6.80. The third-order valence-electron chi connectivity index (χ3n) is 3.08. The van der Waals surface area contributed by atoms with Crippen LogP contribution in [-0.4, -0.2) is 27.9 Å². The van der Waals surface area contributed by atoms with Gasteiger partial charge in [0.1, 0.15) is 6.04 Å². The first kappa shape index (κ1) is 17.9. The Hall–Kier alpha value is -2.15. The molecule has 2 N–H and O–H groups in total. The van der Waals surface area contributed by atoms with E-state index in [1.165, 1.54) is 12.1 Å². The summed E-state index contributed by atoms with van der Waals surface area (Å²) in [6.07, 6.45) is 1.74. The zero-order valence-corrected chi connectivity index (χ0v) is 12.8. The molecule has 1 unspecified atom stereocenters. The molecule has 0 spiro atoms. The second-order valence-electron chi connectivity index (χ2n) is 4.81. The van der Waals surface area contributed by atoms with E-state index in [-0.39, 0.29) is 17.1 Å². The topological polar surface area (TPSA) is 110 Å². The van der Waals surface area contributed by atoms with Crippen LogP contribution >= 0.6 is 11.6 Å². The van der Waals surface area contributed by atoms with Crippen LogP contribution in [-0.2, 0) is 16.0 Å². The summed E-state index contributed by atoms with van der Waals surface area (Å²) in [5.74, 6) is -1.57. The minimum absolute atomic E-state index is 0.102. The predicted octanol–water partition coefficient (Wildman–Crippen LogP) is 2.55. The van der Waals surface area contributed by atoms with Crippen molar-refractivity contribution in [3.63, 3.8) is 0 Å². The fourth-order valence-corrected chi connectivity index (χ4v) is 2.12. The van der Waals surface area contributed by atoms with Gasteiger partial charge in [-0.05, 0) is 12.0 Å². The highest BCUT2D eigenvalue weighted by Crippen LogP contribution is 2.22. The van der Waals surface area contributed by atoms with E-state index in [0.717, 1.165) is 12.5 Å². The number of amides is 1. The number of hydrogen-bond acceptors (Lipinski definition) is 4. The maximum atomic E-state index is 11.9. The number of carboxylic acids is 1. The molecule has 1 aromatic rings. The Labute approximate surface area is 132 Å². The van der Waals surface area contributed by atoms with Gasteiger partial charge in [-0.25, -0.2) is 4.79 Å². The number of nitro groups is 1. The van der Waals surface area contributed by atoms with E-state index in [4.69, 9.17) is 16.7 Å². The molecule has 0 radical (unpaired) electrons. The van der Waals surface area contributed by atoms with Gasteiger partial charge in [-0.3, -0.25) is 14.9 Å². The highest BCUT2D eigenvalue weighted by atomic mass is 35.5. The lowest BCUT2D eigenvalue weighted by Crippen LogP contribution is -2.41. The van der Waals surface area contributed by atoms with Crippen LogP contribution in [0.3, 0.4) is 0 Å². The molecule has 120 valence electrons. The van der Waals surface area contributed by atoms with Gasteiger partial charge in [0, 0.05) is 12.1 Å². The third-order valence-corrected chi connectivity index (χ3v) is 3.43. The molecule has 1 rings (SSSR count). The van der Waals surface area contributed by atoms with Gasteiger partial charge in [-0.2, -0.15) is 0 Å². The molecule has 0 saturated heterocycles. The van der Waals surface area contributed by atoms with Gasteiger partial charge in [-0.1, -0.05) is 37.4 Å². The van der Waals surface area contributed by atoms with Crippen molar-refractivity contribution >= 4 is 29.2 Å². The van der Waals surface area contributed by atoms with Gasteiger partial charge in [0.15, 0.2) is 0 Å². The minimum Gasteiger partial charge on any atom is -0.480 e. The number of carbonyl (C=O) groups is 2. The molecule has 0 aliphatic carbocycles. The number of nitro benzene ring substituents is 1. The zero-order chi connectivity index (χ0) is 16.7. The number of aliphatic carboxylic acids is 1. The molecule has 8 heteroatoms. The Balaban J connectivity index is 2.71. The standard InChI is InChI=1S/C14H17ClN2O5/c1-2-3-4-12(14(19)20)16-13(18)7-9-5-6-10(17(21)22)8-11(9)15/h5-6,8,12H,2-4,7H2,1H3,(H,16,18)(H,19,20). The van der Waals surface area contributed by atoms with Gasteiger partial charge in [-0.15, -0.1) is 0 Å². The summed E-state index contributed by atoms with van der Waals surface area (Å²) in [6, 6.07) is 2.86. The fourth-order valence-electron chi connectivity index (χ4n) is 1.88. The quantitative estimate of drug-likeness (QED) is 0.563. The Bertz CT molecular complexity index is 576. The van der Waals surface area contributed by atoms with Crippen LogP contribution in [0.5, 0.6) is 0 Å². The Morgan fingerprint density at radius 2 is 2.14 bits per heavy atom. The van der Waals surface area contributed by atoms with Crippen molar-refractivity contribution in [2.75, 3.05) is 0 Å². The first-order valence-corrected chi connectivity index (χ1v) is 7.18. The monoisotopic (exact) mass is 328 g/mol. The lowest BCUT2D eigenvalue weighted by molar-refractivity contribution is -0.384. The van der Waals surface area contributed by atoms with Crippen LogP contribution in [0.25, 0.3) is 0 Å². The van der Waals surface area contributed by atoms with Crippen LogP contribution in [0.1, 0.15) is 31.7 Å². The lowest BCUT2D eigenvalue weighted by Gasteiger charge is -2.14. The molecule has 0 heterocycles. The fraction of sp³-hybridized carbons (Fsp3) is 0.429. The molecular weight excluding hydrogens is 312 g/mol. The van der Waals surface area contributed by atoms with E-state index in [0.29, 0.717) is 18.4 Å². The maximum absolute atomic E-state index is 11.9. The third kappa shape index (κ3) is 5.33. The number of non-ortho nitro benzene ring substituents is 1. The van der Waals surface area contributed by atoms with E-state index in [1.54, 1.807) is 0 Å². The number of halogens is 1. The molecule has 0 saturated carbocycles. The van der Waals surface area contributed by atoms with Crippen molar-refractivity contribution in [1.82, 2.24) is 5.32 Å². The highest BCUT2D eigenvalue weighted by molar-refractivity contribution is 6.31. The summed E-state index contributed by atoms with van der Waals surface area (Å²) < 4.78 is 0. The molecule has 0 aromatic heterocycles. The number of unbranched alkanes of at least 4 members (excludes halogenated alkanes) is 1. The largest absolute Gasteiger partial charge is 0.480 e. The van der Waals surface area contributed by atoms with Crippen molar-refractivity contribution in [2.24, 2.45) is 0 Å². The molecule has 22 heavy (non-hydrogen) atoms. The molecular formula is C14H17ClN2O5. The van der Waals surface area contributed by atoms with Gasteiger partial charge in [0.2, 0.25) is 5.91 Å². The van der Waals surface area contributed by atoms with Crippen LogP contribution < -0.4 is 5.32 Å². The van der Waals surface area contributed by atoms with Crippen LogP contribution in [0.4, 0.5) is 5.69 Å². The zero-order valence-electron chi connectivity index (χ0n) is 12.0. The minimum atomic E-state index is -1.09. The lowest BCUT2D eigenvalue weighted by atomic mass is 10.1. The normalized spacial score (nSPS) is 11.7. The molecule has 7 nitrogen and oxygen atoms in total. The van der Waals surface area contributed by atoms with E-state index in [2.05, 4.69) is 5.32 Å². The summed E-state index contributed by atoms with van der Waals surface area (Å²) >= 11 is 5.90.